The zero-order chi connectivity index (χ0) is 11.2. The maximum Gasteiger partial charge on any atom is 0.331 e. The van der Waals surface area contributed by atoms with Crippen molar-refractivity contribution in [3.05, 3.63) is 24.3 Å². The molecule has 4 nitrogen and oxygen atoms in total. The summed E-state index contributed by atoms with van der Waals surface area (Å²) in [6.45, 7) is 5.27. The van der Waals surface area contributed by atoms with E-state index in [1.165, 1.54) is 18.2 Å². The molecule has 0 aromatic heterocycles. The third-order valence-electron chi connectivity index (χ3n) is 0.989. The number of esters is 1. The van der Waals surface area contributed by atoms with Crippen molar-refractivity contribution >= 4 is 11.9 Å². The minimum absolute atomic E-state index is 0.493. The summed E-state index contributed by atoms with van der Waals surface area (Å²) in [7, 11) is 0. The Morgan fingerprint density at radius 2 is 1.64 bits per heavy atom. The molecular formula is C10H14O4. The number of hydrogen-bond donors (Lipinski definition) is 1. The number of aliphatic carboxylic acids is 1. The fraction of sp³-hybridized carbons (Fsp3) is 0.400. The zero-order valence-electron chi connectivity index (χ0n) is 8.48. The van der Waals surface area contributed by atoms with E-state index in [-0.39, 0.29) is 0 Å². The Labute approximate surface area is 82.9 Å². The molecule has 0 bridgehead atoms. The average Bonchev–Trinajstić information content (AvgIpc) is 1.94. The van der Waals surface area contributed by atoms with Crippen molar-refractivity contribution < 1.29 is 19.4 Å². The summed E-state index contributed by atoms with van der Waals surface area (Å²) in [4.78, 5) is 21.0. The van der Waals surface area contributed by atoms with Crippen molar-refractivity contribution in [1.82, 2.24) is 0 Å². The molecule has 14 heavy (non-hydrogen) atoms. The molecule has 0 rings (SSSR count). The van der Waals surface area contributed by atoms with Crippen LogP contribution in [0.1, 0.15) is 20.8 Å². The minimum Gasteiger partial charge on any atom is -0.478 e. The first-order valence-corrected chi connectivity index (χ1v) is 4.12. The van der Waals surface area contributed by atoms with Crippen LogP contribution in [0.4, 0.5) is 0 Å². The van der Waals surface area contributed by atoms with Crippen molar-refractivity contribution in [3.8, 4) is 0 Å². The highest BCUT2D eigenvalue weighted by molar-refractivity contribution is 5.83. The molecule has 0 aliphatic carbocycles. The predicted molar refractivity (Wildman–Crippen MR) is 51.8 cm³/mol. The Morgan fingerprint density at radius 3 is 2.07 bits per heavy atom. The van der Waals surface area contributed by atoms with Crippen LogP contribution in [-0.2, 0) is 14.3 Å². The fourth-order valence-electron chi connectivity index (χ4n) is 0.608. The van der Waals surface area contributed by atoms with E-state index in [1.807, 2.05) is 0 Å². The van der Waals surface area contributed by atoms with Crippen LogP contribution in [0.15, 0.2) is 24.3 Å². The van der Waals surface area contributed by atoms with Gasteiger partial charge in [0.1, 0.15) is 5.60 Å². The molecule has 0 saturated carbocycles. The van der Waals surface area contributed by atoms with Gasteiger partial charge in [-0.15, -0.1) is 0 Å². The Morgan fingerprint density at radius 1 is 1.14 bits per heavy atom. The van der Waals surface area contributed by atoms with Crippen LogP contribution in [-0.4, -0.2) is 22.6 Å². The molecule has 78 valence electrons. The number of carbonyl (C=O) groups is 2. The summed E-state index contributed by atoms with van der Waals surface area (Å²) in [5.74, 6) is -1.55. The first kappa shape index (κ1) is 12.4. The molecule has 0 aromatic rings. The van der Waals surface area contributed by atoms with Crippen LogP contribution in [0.2, 0.25) is 0 Å². The van der Waals surface area contributed by atoms with Crippen LogP contribution >= 0.6 is 0 Å². The van der Waals surface area contributed by atoms with Gasteiger partial charge in [-0.05, 0) is 20.8 Å². The smallest absolute Gasteiger partial charge is 0.331 e. The molecule has 0 fully saturated rings. The van der Waals surface area contributed by atoms with Crippen LogP contribution in [0, 0.1) is 0 Å². The fourth-order valence-corrected chi connectivity index (χ4v) is 0.608. The molecule has 0 aliphatic rings. The van der Waals surface area contributed by atoms with Crippen LogP contribution in [0.5, 0.6) is 0 Å². The molecule has 0 saturated heterocycles. The number of carboxylic acids is 1. The maximum absolute atomic E-state index is 11.0. The van der Waals surface area contributed by atoms with Gasteiger partial charge in [0.05, 0.1) is 0 Å². The van der Waals surface area contributed by atoms with Crippen molar-refractivity contribution in [1.29, 1.82) is 0 Å². The van der Waals surface area contributed by atoms with Gasteiger partial charge in [-0.3, -0.25) is 0 Å². The number of rotatable bonds is 3. The zero-order valence-corrected chi connectivity index (χ0v) is 8.48. The van der Waals surface area contributed by atoms with Crippen molar-refractivity contribution in [3.63, 3.8) is 0 Å². The Hall–Kier alpha value is -1.58. The van der Waals surface area contributed by atoms with Crippen LogP contribution in [0.3, 0.4) is 0 Å². The molecule has 0 atom stereocenters. The summed E-state index contributed by atoms with van der Waals surface area (Å²) < 4.78 is 4.94. The lowest BCUT2D eigenvalue weighted by molar-refractivity contribution is -0.148. The van der Waals surface area contributed by atoms with Gasteiger partial charge in [0, 0.05) is 12.2 Å². The summed E-state index contributed by atoms with van der Waals surface area (Å²) in [6, 6.07) is 0. The highest BCUT2D eigenvalue weighted by Gasteiger charge is 2.13. The Bertz CT molecular complexity index is 268. The summed E-state index contributed by atoms with van der Waals surface area (Å²) >= 11 is 0. The van der Waals surface area contributed by atoms with Gasteiger partial charge in [-0.25, -0.2) is 9.59 Å². The van der Waals surface area contributed by atoms with E-state index >= 15 is 0 Å². The third-order valence-corrected chi connectivity index (χ3v) is 0.989. The predicted octanol–water partition coefficient (Wildman–Crippen LogP) is 1.53. The van der Waals surface area contributed by atoms with Gasteiger partial charge in [0.25, 0.3) is 0 Å². The summed E-state index contributed by atoms with van der Waals surface area (Å²) in [5.41, 5.74) is -0.530. The Kier molecular flexibility index (Phi) is 4.63. The molecular weight excluding hydrogens is 184 g/mol. The minimum atomic E-state index is -1.06. The second-order valence-corrected chi connectivity index (χ2v) is 3.59. The summed E-state index contributed by atoms with van der Waals surface area (Å²) in [6.07, 6.45) is 4.68. The van der Waals surface area contributed by atoms with Crippen molar-refractivity contribution in [2.24, 2.45) is 0 Å². The molecule has 0 aliphatic heterocycles. The molecule has 1 N–H and O–H groups in total. The lowest BCUT2D eigenvalue weighted by Gasteiger charge is -2.17. The highest BCUT2D eigenvalue weighted by atomic mass is 16.6. The molecule has 0 radical (unpaired) electrons. The van der Waals surface area contributed by atoms with Gasteiger partial charge in [0.2, 0.25) is 0 Å². The largest absolute Gasteiger partial charge is 0.478 e. The SMILES string of the molecule is CC(C)(C)OC(=O)C=CC=CC(=O)O. The number of carbonyl (C=O) groups excluding carboxylic acids is 1. The lowest BCUT2D eigenvalue weighted by atomic mass is 10.2. The molecule has 0 heterocycles. The molecule has 0 aromatic carbocycles. The van der Waals surface area contributed by atoms with E-state index in [9.17, 15) is 9.59 Å². The number of allylic oxidation sites excluding steroid dienone is 2. The number of carboxylic acid groups (broad SMARTS) is 1. The van der Waals surface area contributed by atoms with Gasteiger partial charge < -0.3 is 9.84 Å². The normalized spacial score (nSPS) is 12.2. The second-order valence-electron chi connectivity index (χ2n) is 3.59. The van der Waals surface area contributed by atoms with Crippen LogP contribution < -0.4 is 0 Å². The molecule has 0 unspecified atom stereocenters. The molecule has 4 heteroatoms. The third kappa shape index (κ3) is 8.52. The Balaban J connectivity index is 4.01. The maximum atomic E-state index is 11.0. The molecule has 0 amide bonds. The second kappa shape index (κ2) is 5.21. The topological polar surface area (TPSA) is 63.6 Å². The van der Waals surface area contributed by atoms with Gasteiger partial charge in [-0.1, -0.05) is 12.2 Å². The standard InChI is InChI=1S/C10H14O4/c1-10(2,3)14-9(13)7-5-4-6-8(11)12/h4-7H,1-3H3,(H,11,12). The van der Waals surface area contributed by atoms with E-state index in [1.54, 1.807) is 20.8 Å². The van der Waals surface area contributed by atoms with E-state index in [2.05, 4.69) is 0 Å². The van der Waals surface area contributed by atoms with Gasteiger partial charge in [0.15, 0.2) is 0 Å². The number of ether oxygens (including phenoxy) is 1. The molecule has 0 spiro atoms. The number of hydrogen-bond acceptors (Lipinski definition) is 3. The van der Waals surface area contributed by atoms with E-state index in [4.69, 9.17) is 9.84 Å². The van der Waals surface area contributed by atoms with Crippen molar-refractivity contribution in [2.75, 3.05) is 0 Å². The van der Waals surface area contributed by atoms with Gasteiger partial charge in [-0.2, -0.15) is 0 Å². The summed E-state index contributed by atoms with van der Waals surface area (Å²) in [5, 5.41) is 8.23. The van der Waals surface area contributed by atoms with E-state index in [0.29, 0.717) is 0 Å². The highest BCUT2D eigenvalue weighted by Crippen LogP contribution is 2.06. The van der Waals surface area contributed by atoms with E-state index in [0.717, 1.165) is 6.08 Å². The monoisotopic (exact) mass is 198 g/mol. The quantitative estimate of drug-likeness (QED) is 0.424. The first-order chi connectivity index (χ1) is 6.31. The first-order valence-electron chi connectivity index (χ1n) is 4.12. The van der Waals surface area contributed by atoms with Crippen LogP contribution in [0.25, 0.3) is 0 Å². The average molecular weight is 198 g/mol. The van der Waals surface area contributed by atoms with Gasteiger partial charge >= 0.3 is 11.9 Å². The lowest BCUT2D eigenvalue weighted by Crippen LogP contribution is -2.22. The van der Waals surface area contributed by atoms with E-state index < -0.39 is 17.5 Å². The van der Waals surface area contributed by atoms with Crippen molar-refractivity contribution in [2.45, 2.75) is 26.4 Å².